The van der Waals surface area contributed by atoms with Crippen molar-refractivity contribution in [2.75, 3.05) is 26.2 Å². The molecule has 0 aromatic rings. The molecule has 0 bridgehead atoms. The van der Waals surface area contributed by atoms with Crippen LogP contribution in [0.2, 0.25) is 0 Å². The number of allylic oxidation sites excluding steroid dienone is 1. The van der Waals surface area contributed by atoms with E-state index in [2.05, 4.69) is 16.3 Å². The van der Waals surface area contributed by atoms with Gasteiger partial charge in [-0.1, -0.05) is 24.5 Å². The third-order valence-corrected chi connectivity index (χ3v) is 4.48. The van der Waals surface area contributed by atoms with Crippen LogP contribution in [0.4, 0.5) is 0 Å². The second kappa shape index (κ2) is 9.17. The number of nitrogens with one attached hydrogen (secondary N) is 1. The SMILES string of the molecule is O=C(CCNCCC1=CCCCC1)N1CCCCCC1. The van der Waals surface area contributed by atoms with Gasteiger partial charge in [0.2, 0.25) is 5.91 Å². The van der Waals surface area contributed by atoms with Crippen LogP contribution in [0.3, 0.4) is 0 Å². The predicted octanol–water partition coefficient (Wildman–Crippen LogP) is 3.26. The highest BCUT2D eigenvalue weighted by Gasteiger charge is 2.14. The zero-order chi connectivity index (χ0) is 14.0. The smallest absolute Gasteiger partial charge is 0.223 e. The zero-order valence-corrected chi connectivity index (χ0v) is 12.8. The van der Waals surface area contributed by atoms with Crippen LogP contribution >= 0.6 is 0 Å². The molecular formula is C17H30N2O. The van der Waals surface area contributed by atoms with E-state index >= 15 is 0 Å². The molecule has 1 N–H and O–H groups in total. The van der Waals surface area contributed by atoms with E-state index in [1.54, 1.807) is 5.57 Å². The van der Waals surface area contributed by atoms with Crippen LogP contribution in [0, 0.1) is 0 Å². The maximum atomic E-state index is 12.1. The Labute approximate surface area is 123 Å². The molecule has 3 heteroatoms. The first-order chi connectivity index (χ1) is 9.86. The Morgan fingerprint density at radius 2 is 1.85 bits per heavy atom. The van der Waals surface area contributed by atoms with Crippen molar-refractivity contribution >= 4 is 5.91 Å². The third-order valence-electron chi connectivity index (χ3n) is 4.48. The van der Waals surface area contributed by atoms with Crippen LogP contribution in [0.5, 0.6) is 0 Å². The summed E-state index contributed by atoms with van der Waals surface area (Å²) in [7, 11) is 0. The van der Waals surface area contributed by atoms with E-state index in [1.165, 1.54) is 51.4 Å². The lowest BCUT2D eigenvalue weighted by atomic mass is 9.97. The molecule has 0 unspecified atom stereocenters. The highest BCUT2D eigenvalue weighted by Crippen LogP contribution is 2.19. The number of nitrogens with zero attached hydrogens (tertiary/aromatic N) is 1. The van der Waals surface area contributed by atoms with Gasteiger partial charge in [-0.05, 0) is 51.5 Å². The predicted molar refractivity (Wildman–Crippen MR) is 83.7 cm³/mol. The summed E-state index contributed by atoms with van der Waals surface area (Å²) in [6.07, 6.45) is 14.5. The minimum absolute atomic E-state index is 0.344. The van der Waals surface area contributed by atoms with Gasteiger partial charge in [0.25, 0.3) is 0 Å². The lowest BCUT2D eigenvalue weighted by Gasteiger charge is -2.20. The standard InChI is InChI=1S/C17H30N2O/c20-17(19-14-6-1-2-7-15-19)11-13-18-12-10-16-8-4-3-5-9-16/h8,18H,1-7,9-15H2. The maximum Gasteiger partial charge on any atom is 0.223 e. The van der Waals surface area contributed by atoms with E-state index in [0.717, 1.165) is 32.6 Å². The second-order valence-electron chi connectivity index (χ2n) is 6.15. The molecule has 1 aliphatic carbocycles. The fourth-order valence-corrected chi connectivity index (χ4v) is 3.18. The van der Waals surface area contributed by atoms with Crippen LogP contribution in [0.25, 0.3) is 0 Å². The van der Waals surface area contributed by atoms with Gasteiger partial charge in [0.05, 0.1) is 0 Å². The van der Waals surface area contributed by atoms with Gasteiger partial charge in [-0.3, -0.25) is 4.79 Å². The summed E-state index contributed by atoms with van der Waals surface area (Å²) in [5.41, 5.74) is 1.61. The van der Waals surface area contributed by atoms with Gasteiger partial charge in [-0.15, -0.1) is 0 Å². The largest absolute Gasteiger partial charge is 0.343 e. The zero-order valence-electron chi connectivity index (χ0n) is 12.8. The van der Waals surface area contributed by atoms with Crippen molar-refractivity contribution in [1.29, 1.82) is 0 Å². The molecule has 20 heavy (non-hydrogen) atoms. The minimum Gasteiger partial charge on any atom is -0.343 e. The molecule has 1 heterocycles. The number of amides is 1. The summed E-state index contributed by atoms with van der Waals surface area (Å²) < 4.78 is 0. The molecule has 0 aromatic carbocycles. The number of carbonyl (C=O) groups excluding carboxylic acids is 1. The van der Waals surface area contributed by atoms with Gasteiger partial charge in [0.1, 0.15) is 0 Å². The minimum atomic E-state index is 0.344. The van der Waals surface area contributed by atoms with Gasteiger partial charge in [0, 0.05) is 26.1 Å². The Morgan fingerprint density at radius 3 is 2.55 bits per heavy atom. The summed E-state index contributed by atoms with van der Waals surface area (Å²) in [5.74, 6) is 0.344. The molecule has 1 saturated heterocycles. The number of likely N-dealkylation sites (tertiary alicyclic amines) is 1. The number of rotatable bonds is 6. The van der Waals surface area contributed by atoms with Crippen LogP contribution in [-0.2, 0) is 4.79 Å². The van der Waals surface area contributed by atoms with E-state index in [-0.39, 0.29) is 0 Å². The topological polar surface area (TPSA) is 32.3 Å². The quantitative estimate of drug-likeness (QED) is 0.597. The fraction of sp³-hybridized carbons (Fsp3) is 0.824. The van der Waals surface area contributed by atoms with Gasteiger partial charge >= 0.3 is 0 Å². The first kappa shape index (κ1) is 15.6. The van der Waals surface area contributed by atoms with Crippen LogP contribution in [0.1, 0.15) is 64.2 Å². The maximum absolute atomic E-state index is 12.1. The van der Waals surface area contributed by atoms with Crippen LogP contribution in [0.15, 0.2) is 11.6 Å². The van der Waals surface area contributed by atoms with E-state index in [4.69, 9.17) is 0 Å². The molecule has 1 fully saturated rings. The van der Waals surface area contributed by atoms with Gasteiger partial charge in [-0.2, -0.15) is 0 Å². The molecule has 0 atom stereocenters. The summed E-state index contributed by atoms with van der Waals surface area (Å²) >= 11 is 0. The molecule has 0 saturated carbocycles. The number of hydrogen-bond donors (Lipinski definition) is 1. The summed E-state index contributed by atoms with van der Waals surface area (Å²) in [6, 6.07) is 0. The van der Waals surface area contributed by atoms with Crippen molar-refractivity contribution < 1.29 is 4.79 Å². The Morgan fingerprint density at radius 1 is 1.05 bits per heavy atom. The lowest BCUT2D eigenvalue weighted by molar-refractivity contribution is -0.131. The fourth-order valence-electron chi connectivity index (χ4n) is 3.18. The van der Waals surface area contributed by atoms with Gasteiger partial charge < -0.3 is 10.2 Å². The molecule has 2 rings (SSSR count). The highest BCUT2D eigenvalue weighted by molar-refractivity contribution is 5.76. The van der Waals surface area contributed by atoms with Crippen molar-refractivity contribution in [2.24, 2.45) is 0 Å². The van der Waals surface area contributed by atoms with E-state index < -0.39 is 0 Å². The Hall–Kier alpha value is -0.830. The molecule has 0 radical (unpaired) electrons. The van der Waals surface area contributed by atoms with Crippen molar-refractivity contribution in [1.82, 2.24) is 10.2 Å². The Bertz CT molecular complexity index is 317. The van der Waals surface area contributed by atoms with E-state index in [0.29, 0.717) is 12.3 Å². The summed E-state index contributed by atoms with van der Waals surface area (Å²) in [5, 5.41) is 3.43. The van der Waals surface area contributed by atoms with Gasteiger partial charge in [0.15, 0.2) is 0 Å². The molecular weight excluding hydrogens is 248 g/mol. The van der Waals surface area contributed by atoms with Gasteiger partial charge in [-0.25, -0.2) is 0 Å². The third kappa shape index (κ3) is 5.66. The molecule has 0 spiro atoms. The second-order valence-corrected chi connectivity index (χ2v) is 6.15. The number of carbonyl (C=O) groups is 1. The van der Waals surface area contributed by atoms with Crippen LogP contribution < -0.4 is 5.32 Å². The van der Waals surface area contributed by atoms with Crippen molar-refractivity contribution in [3.63, 3.8) is 0 Å². The summed E-state index contributed by atoms with van der Waals surface area (Å²) in [4.78, 5) is 14.2. The summed E-state index contributed by atoms with van der Waals surface area (Å²) in [6.45, 7) is 3.82. The van der Waals surface area contributed by atoms with Crippen molar-refractivity contribution in [3.8, 4) is 0 Å². The Balaban J connectivity index is 1.53. The van der Waals surface area contributed by atoms with Crippen LogP contribution in [-0.4, -0.2) is 37.0 Å². The number of hydrogen-bond acceptors (Lipinski definition) is 2. The average molecular weight is 278 g/mol. The molecule has 114 valence electrons. The van der Waals surface area contributed by atoms with Crippen molar-refractivity contribution in [3.05, 3.63) is 11.6 Å². The highest BCUT2D eigenvalue weighted by atomic mass is 16.2. The first-order valence-corrected chi connectivity index (χ1v) is 8.52. The monoisotopic (exact) mass is 278 g/mol. The normalized spacial score (nSPS) is 20.4. The van der Waals surface area contributed by atoms with E-state index in [1.807, 2.05) is 0 Å². The van der Waals surface area contributed by atoms with Crippen molar-refractivity contribution in [2.45, 2.75) is 64.2 Å². The molecule has 2 aliphatic rings. The molecule has 1 amide bonds. The first-order valence-electron chi connectivity index (χ1n) is 8.52. The Kier molecular flexibility index (Phi) is 7.13. The average Bonchev–Trinajstić information content (AvgIpc) is 2.77. The molecule has 3 nitrogen and oxygen atoms in total. The molecule has 0 aromatic heterocycles. The molecule has 1 aliphatic heterocycles. The lowest BCUT2D eigenvalue weighted by Crippen LogP contribution is -2.34. The van der Waals surface area contributed by atoms with E-state index in [9.17, 15) is 4.79 Å².